The molecule has 0 radical (unpaired) electrons. The van der Waals surface area contributed by atoms with E-state index in [1.54, 1.807) is 37.3 Å². The van der Waals surface area contributed by atoms with E-state index in [2.05, 4.69) is 15.5 Å². The van der Waals surface area contributed by atoms with Crippen molar-refractivity contribution in [2.75, 3.05) is 5.32 Å². The molecule has 0 unspecified atom stereocenters. The van der Waals surface area contributed by atoms with E-state index in [0.29, 0.717) is 10.7 Å². The number of carbonyl (C=O) groups is 1. The normalized spacial score (nSPS) is 12.0. The molecule has 0 aliphatic carbocycles. The van der Waals surface area contributed by atoms with Gasteiger partial charge in [-0.25, -0.2) is 4.39 Å². The molecule has 0 saturated carbocycles. The molecule has 2 aromatic carbocycles. The van der Waals surface area contributed by atoms with Crippen molar-refractivity contribution in [3.63, 3.8) is 0 Å². The fourth-order valence-electron chi connectivity index (χ4n) is 2.17. The monoisotopic (exact) mass is 391 g/mol. The van der Waals surface area contributed by atoms with E-state index < -0.39 is 11.1 Å². The molecule has 0 aliphatic heterocycles. The molecule has 3 aromatic rings. The number of nitrogens with one attached hydrogen (secondary N) is 1. The van der Waals surface area contributed by atoms with Crippen LogP contribution in [0.15, 0.2) is 52.1 Å². The lowest BCUT2D eigenvalue weighted by Gasteiger charge is -2.12. The summed E-state index contributed by atoms with van der Waals surface area (Å²) in [5, 5.41) is 10.8. The summed E-state index contributed by atoms with van der Waals surface area (Å²) in [4.78, 5) is 12.4. The van der Waals surface area contributed by atoms with E-state index in [4.69, 9.17) is 16.0 Å². The average Bonchev–Trinajstić information content (AvgIpc) is 3.06. The Morgan fingerprint density at radius 1 is 1.27 bits per heavy atom. The summed E-state index contributed by atoms with van der Waals surface area (Å²) in [5.74, 6) is -0.607. The molecular formula is C18H15ClFN3O2S. The molecule has 1 aromatic heterocycles. The zero-order valence-corrected chi connectivity index (χ0v) is 15.6. The van der Waals surface area contributed by atoms with Crippen molar-refractivity contribution < 1.29 is 13.6 Å². The van der Waals surface area contributed by atoms with Crippen LogP contribution in [0.1, 0.15) is 12.5 Å². The maximum absolute atomic E-state index is 13.8. The summed E-state index contributed by atoms with van der Waals surface area (Å²) >= 11 is 7.06. The molecule has 0 saturated heterocycles. The SMILES string of the molecule is Cc1ccc(Cl)cc1NC(=O)[C@H](C)Sc1nnc(-c2ccccc2F)o1. The molecule has 26 heavy (non-hydrogen) atoms. The highest BCUT2D eigenvalue weighted by atomic mass is 35.5. The number of carbonyl (C=O) groups excluding carboxylic acids is 1. The van der Waals surface area contributed by atoms with Gasteiger partial charge in [0, 0.05) is 10.7 Å². The molecule has 0 fully saturated rings. The van der Waals surface area contributed by atoms with Crippen molar-refractivity contribution in [3.05, 3.63) is 58.9 Å². The van der Waals surface area contributed by atoms with Gasteiger partial charge in [-0.05, 0) is 43.7 Å². The van der Waals surface area contributed by atoms with Gasteiger partial charge in [0.1, 0.15) is 5.82 Å². The summed E-state index contributed by atoms with van der Waals surface area (Å²) in [7, 11) is 0. The van der Waals surface area contributed by atoms with Gasteiger partial charge in [0.05, 0.1) is 10.8 Å². The molecule has 1 atom stereocenters. The number of hydrogen-bond donors (Lipinski definition) is 1. The number of hydrogen-bond acceptors (Lipinski definition) is 5. The highest BCUT2D eigenvalue weighted by Crippen LogP contribution is 2.28. The standard InChI is InChI=1S/C18H15ClFN3O2S/c1-10-7-8-12(19)9-15(10)21-16(24)11(2)26-18-23-22-17(25-18)13-5-3-4-6-14(13)20/h3-9,11H,1-2H3,(H,21,24)/t11-/m0/s1. The molecular weight excluding hydrogens is 377 g/mol. The molecule has 1 N–H and O–H groups in total. The van der Waals surface area contributed by atoms with Crippen LogP contribution in [0.4, 0.5) is 10.1 Å². The van der Waals surface area contributed by atoms with Gasteiger partial charge in [0.2, 0.25) is 5.91 Å². The summed E-state index contributed by atoms with van der Waals surface area (Å²) in [6, 6.07) is 11.4. The fraction of sp³-hybridized carbons (Fsp3) is 0.167. The van der Waals surface area contributed by atoms with Crippen LogP contribution >= 0.6 is 23.4 Å². The lowest BCUT2D eigenvalue weighted by molar-refractivity contribution is -0.115. The summed E-state index contributed by atoms with van der Waals surface area (Å²) in [6.45, 7) is 3.59. The maximum atomic E-state index is 13.8. The first kappa shape index (κ1) is 18.4. The fourth-order valence-corrected chi connectivity index (χ4v) is 3.02. The van der Waals surface area contributed by atoms with Gasteiger partial charge in [-0.15, -0.1) is 10.2 Å². The van der Waals surface area contributed by atoms with E-state index in [1.165, 1.54) is 6.07 Å². The minimum atomic E-state index is -0.498. The quantitative estimate of drug-likeness (QED) is 0.623. The maximum Gasteiger partial charge on any atom is 0.277 e. The first-order valence-corrected chi connectivity index (χ1v) is 9.02. The van der Waals surface area contributed by atoms with E-state index in [0.717, 1.165) is 17.3 Å². The molecule has 3 rings (SSSR count). The van der Waals surface area contributed by atoms with Crippen LogP contribution in [-0.2, 0) is 4.79 Å². The Morgan fingerprint density at radius 3 is 2.81 bits per heavy atom. The van der Waals surface area contributed by atoms with E-state index >= 15 is 0 Å². The van der Waals surface area contributed by atoms with Crippen molar-refractivity contribution in [1.29, 1.82) is 0 Å². The zero-order chi connectivity index (χ0) is 18.7. The Morgan fingerprint density at radius 2 is 2.04 bits per heavy atom. The third-order valence-corrected chi connectivity index (χ3v) is 4.78. The highest BCUT2D eigenvalue weighted by Gasteiger charge is 2.20. The van der Waals surface area contributed by atoms with Gasteiger partial charge in [-0.1, -0.05) is 41.6 Å². The Balaban J connectivity index is 1.68. The summed E-state index contributed by atoms with van der Waals surface area (Å²) in [6.07, 6.45) is 0. The van der Waals surface area contributed by atoms with E-state index in [9.17, 15) is 9.18 Å². The van der Waals surface area contributed by atoms with Gasteiger partial charge >= 0.3 is 0 Å². The van der Waals surface area contributed by atoms with Crippen LogP contribution in [0, 0.1) is 12.7 Å². The number of amides is 1. The van der Waals surface area contributed by atoms with Gasteiger partial charge in [0.25, 0.3) is 11.1 Å². The van der Waals surface area contributed by atoms with Crippen molar-refractivity contribution in [2.45, 2.75) is 24.3 Å². The Bertz CT molecular complexity index is 948. The Labute approximate surface area is 159 Å². The lowest BCUT2D eigenvalue weighted by Crippen LogP contribution is -2.22. The van der Waals surface area contributed by atoms with Gasteiger partial charge in [-0.3, -0.25) is 4.79 Å². The molecule has 1 heterocycles. The second-order valence-corrected chi connectivity index (χ2v) is 7.29. The number of rotatable bonds is 5. The molecule has 0 spiro atoms. The number of halogens is 2. The minimum Gasteiger partial charge on any atom is -0.411 e. The number of benzene rings is 2. The predicted octanol–water partition coefficient (Wildman–Crippen LogP) is 4.96. The lowest BCUT2D eigenvalue weighted by atomic mass is 10.2. The molecule has 5 nitrogen and oxygen atoms in total. The largest absolute Gasteiger partial charge is 0.411 e. The Kier molecular flexibility index (Phi) is 5.58. The number of nitrogens with zero attached hydrogens (tertiary/aromatic N) is 2. The summed E-state index contributed by atoms with van der Waals surface area (Å²) in [5.41, 5.74) is 1.77. The van der Waals surface area contributed by atoms with Crippen molar-refractivity contribution in [2.24, 2.45) is 0 Å². The molecule has 1 amide bonds. The minimum absolute atomic E-state index is 0.0730. The van der Waals surface area contributed by atoms with E-state index in [-0.39, 0.29) is 22.6 Å². The van der Waals surface area contributed by atoms with Crippen LogP contribution in [0.5, 0.6) is 0 Å². The van der Waals surface area contributed by atoms with Crippen molar-refractivity contribution >= 4 is 35.0 Å². The molecule has 134 valence electrons. The van der Waals surface area contributed by atoms with Crippen molar-refractivity contribution in [3.8, 4) is 11.5 Å². The predicted molar refractivity (Wildman–Crippen MR) is 99.8 cm³/mol. The second-order valence-electron chi connectivity index (χ2n) is 5.56. The van der Waals surface area contributed by atoms with Gasteiger partial charge in [0.15, 0.2) is 0 Å². The van der Waals surface area contributed by atoms with Crippen LogP contribution < -0.4 is 5.32 Å². The topological polar surface area (TPSA) is 68.0 Å². The molecule has 0 aliphatic rings. The molecule has 8 heteroatoms. The highest BCUT2D eigenvalue weighted by molar-refractivity contribution is 8.00. The van der Waals surface area contributed by atoms with Gasteiger partial charge in [-0.2, -0.15) is 0 Å². The first-order valence-electron chi connectivity index (χ1n) is 7.76. The van der Waals surface area contributed by atoms with Crippen LogP contribution in [0.2, 0.25) is 5.02 Å². The average molecular weight is 392 g/mol. The second kappa shape index (κ2) is 7.88. The Hall–Kier alpha value is -2.38. The van der Waals surface area contributed by atoms with Crippen LogP contribution in [-0.4, -0.2) is 21.4 Å². The van der Waals surface area contributed by atoms with E-state index in [1.807, 2.05) is 13.0 Å². The molecule has 0 bridgehead atoms. The number of aryl methyl sites for hydroxylation is 1. The zero-order valence-electron chi connectivity index (χ0n) is 14.0. The first-order chi connectivity index (χ1) is 12.4. The third-order valence-electron chi connectivity index (χ3n) is 3.62. The number of anilines is 1. The van der Waals surface area contributed by atoms with Crippen LogP contribution in [0.25, 0.3) is 11.5 Å². The summed E-state index contributed by atoms with van der Waals surface area (Å²) < 4.78 is 19.2. The third kappa shape index (κ3) is 4.23. The van der Waals surface area contributed by atoms with Crippen LogP contribution in [0.3, 0.4) is 0 Å². The smallest absolute Gasteiger partial charge is 0.277 e. The number of thioether (sulfide) groups is 1. The van der Waals surface area contributed by atoms with Crippen molar-refractivity contribution in [1.82, 2.24) is 10.2 Å². The number of aromatic nitrogens is 2. The van der Waals surface area contributed by atoms with Gasteiger partial charge < -0.3 is 9.73 Å².